The molecule has 19 heteroatoms. The van der Waals surface area contributed by atoms with Gasteiger partial charge in [-0.1, -0.05) is 75.2 Å². The number of carbonyl (C=O) groups excluding carboxylic acids is 8. The number of carbonyl (C=O) groups is 8. The molecule has 0 spiro atoms. The molecule has 12 N–H and O–H groups in total. The van der Waals surface area contributed by atoms with Gasteiger partial charge in [-0.05, 0) is 75.7 Å². The maximum absolute atomic E-state index is 14.0. The molecule has 0 aliphatic rings. The Labute approximate surface area is 367 Å². The summed E-state index contributed by atoms with van der Waals surface area (Å²) >= 11 is 0. The van der Waals surface area contributed by atoms with E-state index < -0.39 is 89.7 Å². The number of hydrogen-bond donors (Lipinski definition) is 10. The molecular formula is C43H77N11O8. The van der Waals surface area contributed by atoms with E-state index in [-0.39, 0.29) is 49.4 Å². The normalized spacial score (nSPS) is 15.8. The van der Waals surface area contributed by atoms with Crippen molar-refractivity contribution in [2.75, 3.05) is 6.54 Å². The van der Waals surface area contributed by atoms with Crippen LogP contribution in [0.2, 0.25) is 0 Å². The highest BCUT2D eigenvalue weighted by Crippen LogP contribution is 2.14. The van der Waals surface area contributed by atoms with Gasteiger partial charge in [0.25, 0.3) is 0 Å². The minimum atomic E-state index is -1.25. The minimum Gasteiger partial charge on any atom is -0.348 e. The van der Waals surface area contributed by atoms with Crippen molar-refractivity contribution in [3.05, 3.63) is 18.2 Å². The van der Waals surface area contributed by atoms with E-state index in [1.165, 1.54) is 19.4 Å². The highest BCUT2D eigenvalue weighted by Gasteiger charge is 2.35. The van der Waals surface area contributed by atoms with E-state index >= 15 is 0 Å². The molecule has 0 aliphatic carbocycles. The summed E-state index contributed by atoms with van der Waals surface area (Å²) in [5.41, 5.74) is 12.2. The van der Waals surface area contributed by atoms with Crippen LogP contribution in [-0.2, 0) is 44.8 Å². The lowest BCUT2D eigenvalue weighted by molar-refractivity contribution is -0.136. The van der Waals surface area contributed by atoms with Gasteiger partial charge in [-0.2, -0.15) is 0 Å². The summed E-state index contributed by atoms with van der Waals surface area (Å²) < 4.78 is 0. The molecule has 0 aromatic carbocycles. The Morgan fingerprint density at radius 2 is 1.11 bits per heavy atom. The quantitative estimate of drug-likeness (QED) is 0.0377. The maximum Gasteiger partial charge on any atom is 0.243 e. The Morgan fingerprint density at radius 3 is 1.56 bits per heavy atom. The third-order valence-corrected chi connectivity index (χ3v) is 10.4. The average molecular weight is 876 g/mol. The maximum atomic E-state index is 14.0. The van der Waals surface area contributed by atoms with Crippen LogP contribution in [0.15, 0.2) is 12.5 Å². The zero-order chi connectivity index (χ0) is 47.1. The van der Waals surface area contributed by atoms with E-state index in [1.54, 1.807) is 6.92 Å². The lowest BCUT2D eigenvalue weighted by Crippen LogP contribution is -2.60. The van der Waals surface area contributed by atoms with Gasteiger partial charge in [0.1, 0.15) is 42.5 Å². The molecule has 0 aliphatic heterocycles. The Morgan fingerprint density at radius 1 is 0.629 bits per heavy atom. The topological polar surface area (TPSA) is 301 Å². The van der Waals surface area contributed by atoms with Gasteiger partial charge in [-0.25, -0.2) is 4.98 Å². The van der Waals surface area contributed by atoms with Gasteiger partial charge in [0, 0.05) is 18.3 Å². The summed E-state index contributed by atoms with van der Waals surface area (Å²) in [6.45, 7) is 18.6. The third-order valence-electron chi connectivity index (χ3n) is 10.4. The summed E-state index contributed by atoms with van der Waals surface area (Å²) in [5.74, 6) is -4.68. The van der Waals surface area contributed by atoms with Gasteiger partial charge < -0.3 is 58.5 Å². The molecule has 9 atom stereocenters. The van der Waals surface area contributed by atoms with Crippen LogP contribution in [0.4, 0.5) is 0 Å². The predicted octanol–water partition coefficient (Wildman–Crippen LogP) is 0.615. The number of nitrogens with two attached hydrogens (primary N) is 2. The van der Waals surface area contributed by atoms with Crippen molar-refractivity contribution < 1.29 is 38.4 Å². The summed E-state index contributed by atoms with van der Waals surface area (Å²) in [7, 11) is 0. The van der Waals surface area contributed by atoms with E-state index in [1.807, 2.05) is 55.4 Å². The lowest BCUT2D eigenvalue weighted by atomic mass is 9.96. The van der Waals surface area contributed by atoms with Crippen LogP contribution in [-0.4, -0.2) is 112 Å². The average Bonchev–Trinajstić information content (AvgIpc) is 3.72. The van der Waals surface area contributed by atoms with Gasteiger partial charge in [-0.15, -0.1) is 0 Å². The number of unbranched alkanes of at least 4 members (excludes halogenated alkanes) is 1. The molecule has 352 valence electrons. The van der Waals surface area contributed by atoms with Gasteiger partial charge in [0.15, 0.2) is 0 Å². The number of nitrogens with one attached hydrogen (secondary N) is 8. The van der Waals surface area contributed by atoms with Crippen molar-refractivity contribution >= 4 is 47.6 Å². The highest BCUT2D eigenvalue weighted by atomic mass is 16.2. The zero-order valence-corrected chi connectivity index (χ0v) is 38.6. The highest BCUT2D eigenvalue weighted by molar-refractivity contribution is 5.97. The number of aromatic amines is 1. The van der Waals surface area contributed by atoms with Crippen molar-refractivity contribution in [3.8, 4) is 0 Å². The molecule has 0 unspecified atom stereocenters. The fraction of sp³-hybridized carbons (Fsp3) is 0.744. The molecule has 0 saturated heterocycles. The molecule has 1 rings (SSSR count). The van der Waals surface area contributed by atoms with E-state index in [0.717, 1.165) is 0 Å². The monoisotopic (exact) mass is 876 g/mol. The van der Waals surface area contributed by atoms with E-state index in [2.05, 4.69) is 47.2 Å². The van der Waals surface area contributed by atoms with Gasteiger partial charge in [-0.3, -0.25) is 33.6 Å². The number of amides is 7. The lowest BCUT2D eigenvalue weighted by Gasteiger charge is -2.29. The second-order valence-electron chi connectivity index (χ2n) is 17.6. The fourth-order valence-electron chi connectivity index (χ4n) is 6.53. The first kappa shape index (κ1) is 55.1. The van der Waals surface area contributed by atoms with Crippen molar-refractivity contribution in [1.82, 2.24) is 47.2 Å². The minimum absolute atomic E-state index is 0.0124. The van der Waals surface area contributed by atoms with Crippen molar-refractivity contribution in [2.45, 2.75) is 175 Å². The molecule has 0 fully saturated rings. The zero-order valence-electron chi connectivity index (χ0n) is 38.6. The van der Waals surface area contributed by atoms with Crippen LogP contribution < -0.4 is 48.7 Å². The first-order chi connectivity index (χ1) is 29.2. The number of nitrogens with zero attached hydrogens (tertiary/aromatic N) is 1. The van der Waals surface area contributed by atoms with Crippen LogP contribution in [0.5, 0.6) is 0 Å². The Balaban J connectivity index is 3.28. The summed E-state index contributed by atoms with van der Waals surface area (Å²) in [4.78, 5) is 113. The van der Waals surface area contributed by atoms with Crippen molar-refractivity contribution in [3.63, 3.8) is 0 Å². The molecule has 1 aromatic rings. The second kappa shape index (κ2) is 28.6. The van der Waals surface area contributed by atoms with E-state index in [9.17, 15) is 38.4 Å². The first-order valence-corrected chi connectivity index (χ1v) is 22.2. The first-order valence-electron chi connectivity index (χ1n) is 22.2. The number of rotatable bonds is 30. The Bertz CT molecular complexity index is 1570. The summed E-state index contributed by atoms with van der Waals surface area (Å²) in [5, 5.41) is 19.1. The smallest absolute Gasteiger partial charge is 0.243 e. The van der Waals surface area contributed by atoms with Crippen LogP contribution in [0.25, 0.3) is 0 Å². The van der Waals surface area contributed by atoms with Gasteiger partial charge in [0.05, 0.1) is 18.4 Å². The van der Waals surface area contributed by atoms with Crippen LogP contribution in [0.3, 0.4) is 0 Å². The molecule has 0 bridgehead atoms. The molecule has 1 aromatic heterocycles. The molecule has 0 saturated carbocycles. The molecule has 7 amide bonds. The molecule has 62 heavy (non-hydrogen) atoms. The number of hydrogen-bond acceptors (Lipinski definition) is 11. The number of aldehydes is 1. The number of aromatic nitrogens is 2. The van der Waals surface area contributed by atoms with E-state index in [0.29, 0.717) is 50.6 Å². The predicted molar refractivity (Wildman–Crippen MR) is 237 cm³/mol. The third kappa shape index (κ3) is 20.3. The van der Waals surface area contributed by atoms with Gasteiger partial charge >= 0.3 is 0 Å². The van der Waals surface area contributed by atoms with Crippen LogP contribution >= 0.6 is 0 Å². The van der Waals surface area contributed by atoms with Crippen LogP contribution in [0, 0.1) is 23.7 Å². The molecule has 1 heterocycles. The summed E-state index contributed by atoms with van der Waals surface area (Å²) in [6, 6.07) is -8.13. The second-order valence-corrected chi connectivity index (χ2v) is 17.6. The molecule has 0 radical (unpaired) electrons. The standard InChI is InChI=1S/C43H77N11O8/c1-11-27(9)36(54-38(57)31(45)15-13-14-16-44)43(62)53-34(19-26(7)8)42(61)52-35(20-30-21-46-23-47-30)39(58)48-28(10)37(56)50-33(18-25(5)6)41(60)51-32(17-24(3)4)40(59)49-29(12-2)22-55/h21-29,31-36H,11-20,44-45H2,1-10H3,(H,46,47)(H,48,58)(H,49,59)(H,50,56)(H,51,60)(H,52,61)(H,53,62)(H,54,57)/t27-,28-,29-,31-,32-,33-,34-,35-,36-/m0/s1. The van der Waals surface area contributed by atoms with Crippen molar-refractivity contribution in [1.29, 1.82) is 0 Å². The SMILES string of the molecule is CC[C@@H](C=O)NC(=O)[C@H](CC(C)C)NC(=O)[C@H](CC(C)C)NC(=O)[C@H](C)NC(=O)[C@H](Cc1cnc[nH]1)NC(=O)[C@H](CC(C)C)NC(=O)[C@@H](NC(=O)[C@@H](N)CCCCN)[C@@H](C)CC. The summed E-state index contributed by atoms with van der Waals surface area (Å²) in [6.07, 6.45) is 6.85. The molecular weight excluding hydrogens is 799 g/mol. The Kier molecular flexibility index (Phi) is 25.5. The van der Waals surface area contributed by atoms with Crippen molar-refractivity contribution in [2.24, 2.45) is 35.1 Å². The van der Waals surface area contributed by atoms with Crippen LogP contribution in [0.1, 0.15) is 126 Å². The Hall–Kier alpha value is -4.91. The number of H-pyrrole nitrogens is 1. The largest absolute Gasteiger partial charge is 0.348 e. The molecule has 19 nitrogen and oxygen atoms in total. The van der Waals surface area contributed by atoms with E-state index in [4.69, 9.17) is 11.5 Å². The fourth-order valence-corrected chi connectivity index (χ4v) is 6.53. The van der Waals surface area contributed by atoms with Gasteiger partial charge in [0.2, 0.25) is 41.4 Å². The number of imidazole rings is 1.